The second-order valence-corrected chi connectivity index (χ2v) is 6.09. The summed E-state index contributed by atoms with van der Waals surface area (Å²) in [4.78, 5) is 12.5. The van der Waals surface area contributed by atoms with E-state index < -0.39 is 18.3 Å². The van der Waals surface area contributed by atoms with E-state index in [1.807, 2.05) is 0 Å². The number of nitrogen functional groups attached to an aromatic ring is 1. The SMILES string of the molecule is CO[C@H]1[C@@H](O)[C@H](n2cnc3c(N)ncnc32)C2=CCC[C@@H](O)[C@@H]21. The molecule has 5 atom stereocenters. The summed E-state index contributed by atoms with van der Waals surface area (Å²) in [5.41, 5.74) is 7.89. The minimum atomic E-state index is -0.794. The molecule has 0 saturated heterocycles. The van der Waals surface area contributed by atoms with Gasteiger partial charge < -0.3 is 25.3 Å². The quantitative estimate of drug-likeness (QED) is 0.669. The molecule has 122 valence electrons. The molecule has 2 heterocycles. The van der Waals surface area contributed by atoms with Crippen molar-refractivity contribution in [3.63, 3.8) is 0 Å². The van der Waals surface area contributed by atoms with Crippen LogP contribution in [-0.4, -0.2) is 55.2 Å². The Kier molecular flexibility index (Phi) is 3.33. The number of aliphatic hydroxyl groups is 2. The van der Waals surface area contributed by atoms with Gasteiger partial charge >= 0.3 is 0 Å². The molecule has 0 aromatic carbocycles. The molecule has 8 heteroatoms. The zero-order valence-corrected chi connectivity index (χ0v) is 12.7. The largest absolute Gasteiger partial charge is 0.392 e. The van der Waals surface area contributed by atoms with Crippen molar-refractivity contribution in [3.05, 3.63) is 24.3 Å². The Morgan fingerprint density at radius 1 is 1.30 bits per heavy atom. The number of ether oxygens (including phenoxy) is 1. The van der Waals surface area contributed by atoms with Crippen molar-refractivity contribution in [1.29, 1.82) is 0 Å². The van der Waals surface area contributed by atoms with Gasteiger partial charge in [0.05, 0.1) is 24.6 Å². The molecule has 2 aromatic rings. The monoisotopic (exact) mass is 317 g/mol. The molecule has 1 saturated carbocycles. The Morgan fingerprint density at radius 2 is 2.13 bits per heavy atom. The van der Waals surface area contributed by atoms with Crippen LogP contribution in [0.2, 0.25) is 0 Å². The smallest absolute Gasteiger partial charge is 0.166 e. The van der Waals surface area contributed by atoms with Gasteiger partial charge in [-0.05, 0) is 18.4 Å². The Balaban J connectivity index is 1.86. The Hall–Kier alpha value is -2.03. The van der Waals surface area contributed by atoms with Crippen molar-refractivity contribution >= 4 is 17.0 Å². The van der Waals surface area contributed by atoms with E-state index in [9.17, 15) is 10.2 Å². The molecule has 4 rings (SSSR count). The van der Waals surface area contributed by atoms with Crippen LogP contribution in [0.15, 0.2) is 24.3 Å². The van der Waals surface area contributed by atoms with Gasteiger partial charge in [-0.15, -0.1) is 0 Å². The van der Waals surface area contributed by atoms with Crippen LogP contribution in [0.3, 0.4) is 0 Å². The van der Waals surface area contributed by atoms with E-state index >= 15 is 0 Å². The van der Waals surface area contributed by atoms with Gasteiger partial charge in [0, 0.05) is 13.0 Å². The highest BCUT2D eigenvalue weighted by Gasteiger charge is 2.51. The number of allylic oxidation sites excluding steroid dienone is 1. The first-order valence-electron chi connectivity index (χ1n) is 7.65. The van der Waals surface area contributed by atoms with Gasteiger partial charge in [0.2, 0.25) is 0 Å². The fourth-order valence-electron chi connectivity index (χ4n) is 3.96. The number of nitrogens with two attached hydrogens (primary N) is 1. The molecule has 0 bridgehead atoms. The fraction of sp³-hybridized carbons (Fsp3) is 0.533. The molecule has 0 spiro atoms. The maximum Gasteiger partial charge on any atom is 0.166 e. The van der Waals surface area contributed by atoms with E-state index in [0.29, 0.717) is 23.4 Å². The highest BCUT2D eigenvalue weighted by molar-refractivity contribution is 5.81. The predicted octanol–water partition coefficient (Wildman–Crippen LogP) is 0.0364. The second kappa shape index (κ2) is 5.26. The number of aliphatic hydroxyl groups excluding tert-OH is 2. The van der Waals surface area contributed by atoms with Crippen LogP contribution in [0.4, 0.5) is 5.82 Å². The van der Waals surface area contributed by atoms with Gasteiger partial charge in [-0.25, -0.2) is 15.0 Å². The minimum absolute atomic E-state index is 0.217. The van der Waals surface area contributed by atoms with Gasteiger partial charge in [0.25, 0.3) is 0 Å². The van der Waals surface area contributed by atoms with Gasteiger partial charge in [0.1, 0.15) is 17.9 Å². The summed E-state index contributed by atoms with van der Waals surface area (Å²) < 4.78 is 7.28. The lowest BCUT2D eigenvalue weighted by Gasteiger charge is -2.28. The normalized spacial score (nSPS) is 33.7. The average molecular weight is 317 g/mol. The van der Waals surface area contributed by atoms with Crippen LogP contribution in [0.5, 0.6) is 0 Å². The van der Waals surface area contributed by atoms with Gasteiger partial charge in [-0.2, -0.15) is 0 Å². The Morgan fingerprint density at radius 3 is 2.91 bits per heavy atom. The molecule has 23 heavy (non-hydrogen) atoms. The predicted molar refractivity (Wildman–Crippen MR) is 82.4 cm³/mol. The molecule has 0 amide bonds. The number of hydrogen-bond acceptors (Lipinski definition) is 7. The number of nitrogens with zero attached hydrogens (tertiary/aromatic N) is 4. The summed E-state index contributed by atoms with van der Waals surface area (Å²) in [6.07, 6.45) is 4.75. The van der Waals surface area contributed by atoms with Gasteiger partial charge in [0.15, 0.2) is 11.5 Å². The summed E-state index contributed by atoms with van der Waals surface area (Å²) in [7, 11) is 1.56. The average Bonchev–Trinajstić information content (AvgIpc) is 3.07. The molecular weight excluding hydrogens is 298 g/mol. The van der Waals surface area contributed by atoms with Gasteiger partial charge in [-0.3, -0.25) is 0 Å². The van der Waals surface area contributed by atoms with Crippen LogP contribution in [-0.2, 0) is 4.74 Å². The minimum Gasteiger partial charge on any atom is -0.392 e. The third kappa shape index (κ3) is 1.99. The third-order valence-corrected chi connectivity index (χ3v) is 4.96. The lowest BCUT2D eigenvalue weighted by molar-refractivity contribution is -0.0503. The van der Waals surface area contributed by atoms with Crippen molar-refractivity contribution < 1.29 is 14.9 Å². The summed E-state index contributed by atoms with van der Waals surface area (Å²) in [6.45, 7) is 0. The maximum absolute atomic E-state index is 10.8. The van der Waals surface area contributed by atoms with Crippen LogP contribution < -0.4 is 5.73 Å². The number of fused-ring (bicyclic) bond motifs is 2. The van der Waals surface area contributed by atoms with E-state index in [1.54, 1.807) is 18.0 Å². The van der Waals surface area contributed by atoms with E-state index in [1.165, 1.54) is 6.33 Å². The van der Waals surface area contributed by atoms with Crippen LogP contribution in [0.1, 0.15) is 18.9 Å². The number of anilines is 1. The lowest BCUT2D eigenvalue weighted by atomic mass is 9.85. The Labute approximate surface area is 132 Å². The first-order valence-corrected chi connectivity index (χ1v) is 7.65. The second-order valence-electron chi connectivity index (χ2n) is 6.09. The number of methoxy groups -OCH3 is 1. The van der Waals surface area contributed by atoms with Crippen molar-refractivity contribution in [2.45, 2.75) is 37.2 Å². The summed E-state index contributed by atoms with van der Waals surface area (Å²) in [5, 5.41) is 21.2. The van der Waals surface area contributed by atoms with Gasteiger partial charge in [-0.1, -0.05) is 6.08 Å². The van der Waals surface area contributed by atoms with E-state index in [-0.39, 0.29) is 12.0 Å². The van der Waals surface area contributed by atoms with Crippen molar-refractivity contribution in [2.75, 3.05) is 12.8 Å². The zero-order chi connectivity index (χ0) is 16.1. The Bertz CT molecular complexity index is 774. The van der Waals surface area contributed by atoms with Crippen molar-refractivity contribution in [1.82, 2.24) is 19.5 Å². The number of aromatic nitrogens is 4. The van der Waals surface area contributed by atoms with E-state index in [2.05, 4.69) is 21.0 Å². The third-order valence-electron chi connectivity index (χ3n) is 4.96. The lowest BCUT2D eigenvalue weighted by Crippen LogP contribution is -2.36. The molecule has 2 aliphatic carbocycles. The molecule has 2 aliphatic rings. The summed E-state index contributed by atoms with van der Waals surface area (Å²) >= 11 is 0. The molecule has 0 unspecified atom stereocenters. The number of imidazole rings is 1. The molecule has 1 fully saturated rings. The molecule has 8 nitrogen and oxygen atoms in total. The maximum atomic E-state index is 10.8. The summed E-state index contributed by atoms with van der Waals surface area (Å²) in [6, 6.07) is -0.376. The zero-order valence-electron chi connectivity index (χ0n) is 12.7. The van der Waals surface area contributed by atoms with Crippen LogP contribution >= 0.6 is 0 Å². The molecule has 4 N–H and O–H groups in total. The number of hydrogen-bond donors (Lipinski definition) is 3. The highest BCUT2D eigenvalue weighted by atomic mass is 16.5. The molecule has 0 aliphatic heterocycles. The van der Waals surface area contributed by atoms with Crippen LogP contribution in [0.25, 0.3) is 11.2 Å². The first kappa shape index (κ1) is 14.6. The molecule has 0 radical (unpaired) electrons. The van der Waals surface area contributed by atoms with Crippen molar-refractivity contribution in [3.8, 4) is 0 Å². The van der Waals surface area contributed by atoms with Crippen molar-refractivity contribution in [2.24, 2.45) is 5.92 Å². The van der Waals surface area contributed by atoms with E-state index in [4.69, 9.17) is 10.5 Å². The van der Waals surface area contributed by atoms with E-state index in [0.717, 1.165) is 12.0 Å². The topological polar surface area (TPSA) is 119 Å². The van der Waals surface area contributed by atoms with Crippen LogP contribution in [0, 0.1) is 5.92 Å². The summed E-state index contributed by atoms with van der Waals surface area (Å²) in [5.74, 6) is 0.0871. The molecular formula is C15H19N5O3. The first-order chi connectivity index (χ1) is 11.1. The fourth-order valence-corrected chi connectivity index (χ4v) is 3.96. The molecule has 2 aromatic heterocycles. The standard InChI is InChI=1S/C15H19N5O3/c1-23-13-9-7(3-2-4-8(9)21)11(12(13)22)20-6-19-10-14(16)17-5-18-15(10)20/h3,5-6,8-9,11-13,21-22H,2,4H2,1H3,(H2,16,17,18)/t8-,9-,11-,12+,13-/m1/s1. The number of rotatable bonds is 2. The highest BCUT2D eigenvalue weighted by Crippen LogP contribution is 2.47.